The van der Waals surface area contributed by atoms with Crippen LogP contribution in [-0.2, 0) is 11.3 Å². The molecule has 11 nitrogen and oxygen atoms in total. The van der Waals surface area contributed by atoms with Gasteiger partial charge >= 0.3 is 0 Å². The summed E-state index contributed by atoms with van der Waals surface area (Å²) in [5, 5.41) is 3.15. The molecule has 252 valence electrons. The van der Waals surface area contributed by atoms with E-state index in [9.17, 15) is 4.79 Å². The summed E-state index contributed by atoms with van der Waals surface area (Å²) in [5.41, 5.74) is 6.16. The highest BCUT2D eigenvalue weighted by atomic mass is 16.5. The number of pyridine rings is 2. The maximum atomic E-state index is 13.8. The molecule has 4 aliphatic heterocycles. The van der Waals surface area contributed by atoms with E-state index in [4.69, 9.17) is 24.2 Å². The number of piperidine rings is 2. The predicted molar refractivity (Wildman–Crippen MR) is 185 cm³/mol. The van der Waals surface area contributed by atoms with Gasteiger partial charge in [0.2, 0.25) is 5.95 Å². The van der Waals surface area contributed by atoms with Crippen LogP contribution in [0.3, 0.4) is 0 Å². The van der Waals surface area contributed by atoms with Gasteiger partial charge in [-0.15, -0.1) is 0 Å². The van der Waals surface area contributed by atoms with Crippen LogP contribution < -0.4 is 19.7 Å². The molecule has 4 aliphatic rings. The van der Waals surface area contributed by atoms with Crippen molar-refractivity contribution in [3.63, 3.8) is 0 Å². The minimum Gasteiger partial charge on any atom is -0.491 e. The second-order valence-electron chi connectivity index (χ2n) is 13.9. The van der Waals surface area contributed by atoms with Gasteiger partial charge in [-0.25, -0.2) is 4.98 Å². The van der Waals surface area contributed by atoms with Crippen LogP contribution in [0, 0.1) is 12.3 Å². The number of carbonyl (C=O) groups is 1. The first-order chi connectivity index (χ1) is 23.5. The monoisotopic (exact) mass is 651 g/mol. The maximum Gasteiger partial charge on any atom is 0.258 e. The summed E-state index contributed by atoms with van der Waals surface area (Å²) in [6, 6.07) is 10.8. The number of rotatable bonds is 3. The predicted octanol–water partition coefficient (Wildman–Crippen LogP) is 5.71. The van der Waals surface area contributed by atoms with E-state index in [0.717, 1.165) is 68.8 Å². The summed E-state index contributed by atoms with van der Waals surface area (Å²) < 4.78 is 19.5. The van der Waals surface area contributed by atoms with Crippen molar-refractivity contribution < 1.29 is 19.0 Å². The summed E-state index contributed by atoms with van der Waals surface area (Å²) in [6.45, 7) is 9.54. The van der Waals surface area contributed by atoms with Gasteiger partial charge in [0, 0.05) is 42.8 Å². The van der Waals surface area contributed by atoms with Crippen LogP contribution in [0.1, 0.15) is 61.0 Å². The van der Waals surface area contributed by atoms with Crippen molar-refractivity contribution in [2.24, 2.45) is 5.41 Å². The van der Waals surface area contributed by atoms with Crippen LogP contribution in [0.25, 0.3) is 22.3 Å². The number of hydrogen-bond acceptors (Lipinski definition) is 9. The first-order valence-electron chi connectivity index (χ1n) is 17.5. The van der Waals surface area contributed by atoms with E-state index in [1.165, 1.54) is 44.5 Å². The highest BCUT2D eigenvalue weighted by Gasteiger charge is 2.40. The van der Waals surface area contributed by atoms with Crippen LogP contribution in [0.5, 0.6) is 11.5 Å². The third-order valence-electron chi connectivity index (χ3n) is 11.0. The molecule has 0 saturated carbocycles. The van der Waals surface area contributed by atoms with Crippen molar-refractivity contribution in [1.29, 1.82) is 0 Å². The number of methoxy groups -OCH3 is 1. The number of ether oxygens (including phenoxy) is 3. The molecule has 11 heteroatoms. The van der Waals surface area contributed by atoms with Gasteiger partial charge in [-0.2, -0.15) is 0 Å². The molecule has 1 aromatic carbocycles. The Bertz CT molecular complexity index is 1800. The van der Waals surface area contributed by atoms with E-state index in [1.807, 2.05) is 6.92 Å². The van der Waals surface area contributed by atoms with E-state index in [-0.39, 0.29) is 5.91 Å². The second kappa shape index (κ2) is 13.0. The summed E-state index contributed by atoms with van der Waals surface area (Å²) in [5.74, 6) is 1.47. The number of aromatic nitrogens is 4. The molecule has 1 N–H and O–H groups in total. The fourth-order valence-corrected chi connectivity index (χ4v) is 7.91. The Kier molecular flexibility index (Phi) is 8.42. The SMILES string of the molecule is COc1cncc2c1OCCCCCn1c(nc3ccc(N4CCC5(CC4)CCN(C4COC4)CC5)cc31)NC(=O)c1cc(C)nc-2c1. The Labute approximate surface area is 281 Å². The third kappa shape index (κ3) is 5.98. The summed E-state index contributed by atoms with van der Waals surface area (Å²) >= 11 is 0. The summed E-state index contributed by atoms with van der Waals surface area (Å²) in [4.78, 5) is 33.0. The fraction of sp³-hybridized carbons (Fsp3) is 0.514. The molecule has 0 radical (unpaired) electrons. The minimum atomic E-state index is -0.232. The third-order valence-corrected chi connectivity index (χ3v) is 11.0. The van der Waals surface area contributed by atoms with Gasteiger partial charge in [0.05, 0.1) is 61.5 Å². The van der Waals surface area contributed by atoms with Gasteiger partial charge in [0.15, 0.2) is 11.5 Å². The van der Waals surface area contributed by atoms with E-state index in [1.54, 1.807) is 31.6 Å². The van der Waals surface area contributed by atoms with Crippen molar-refractivity contribution in [3.8, 4) is 22.8 Å². The Morgan fingerprint density at radius 3 is 2.52 bits per heavy atom. The molecule has 0 unspecified atom stereocenters. The fourth-order valence-electron chi connectivity index (χ4n) is 7.91. The molecule has 48 heavy (non-hydrogen) atoms. The zero-order chi connectivity index (χ0) is 32.7. The number of anilines is 2. The number of benzene rings is 1. The second-order valence-corrected chi connectivity index (χ2v) is 13.9. The van der Waals surface area contributed by atoms with Crippen molar-refractivity contribution in [2.45, 2.75) is 64.5 Å². The van der Waals surface area contributed by atoms with Gasteiger partial charge in [0.1, 0.15) is 0 Å². The molecule has 7 heterocycles. The number of nitrogens with one attached hydrogen (secondary N) is 1. The number of likely N-dealkylation sites (tertiary alicyclic amines) is 1. The lowest BCUT2D eigenvalue weighted by atomic mass is 9.71. The Hall–Kier alpha value is -4.22. The first kappa shape index (κ1) is 31.1. The number of aryl methyl sites for hydroxylation is 2. The van der Waals surface area contributed by atoms with Gasteiger partial charge in [-0.05, 0) is 101 Å². The number of carbonyl (C=O) groups excluding carboxylic acids is 1. The number of nitrogens with zero attached hydrogens (tertiary/aromatic N) is 6. The summed E-state index contributed by atoms with van der Waals surface area (Å²) in [6.07, 6.45) is 11.2. The van der Waals surface area contributed by atoms with E-state index in [2.05, 4.69) is 42.9 Å². The van der Waals surface area contributed by atoms with Gasteiger partial charge < -0.3 is 23.7 Å². The Morgan fingerprint density at radius 2 is 1.75 bits per heavy atom. The largest absolute Gasteiger partial charge is 0.491 e. The van der Waals surface area contributed by atoms with E-state index >= 15 is 0 Å². The normalized spacial score (nSPS) is 20.5. The average Bonchev–Trinajstić information content (AvgIpc) is 3.42. The highest BCUT2D eigenvalue weighted by molar-refractivity contribution is 6.05. The van der Waals surface area contributed by atoms with Crippen molar-refractivity contribution in [1.82, 2.24) is 24.4 Å². The van der Waals surface area contributed by atoms with Crippen LogP contribution >= 0.6 is 0 Å². The first-order valence-corrected chi connectivity index (χ1v) is 17.5. The molecular formula is C37H45N7O4. The molecule has 2 bridgehead atoms. The lowest BCUT2D eigenvalue weighted by Gasteiger charge is -2.50. The summed E-state index contributed by atoms with van der Waals surface area (Å²) in [7, 11) is 1.61. The van der Waals surface area contributed by atoms with Crippen molar-refractivity contribution >= 4 is 28.6 Å². The molecule has 3 saturated heterocycles. The van der Waals surface area contributed by atoms with Crippen molar-refractivity contribution in [2.75, 3.05) is 63.3 Å². The van der Waals surface area contributed by atoms with Crippen LogP contribution in [0.15, 0.2) is 42.7 Å². The lowest BCUT2D eigenvalue weighted by molar-refractivity contribution is -0.0834. The van der Waals surface area contributed by atoms with Gasteiger partial charge in [-0.3, -0.25) is 25.0 Å². The number of fused-ring (bicyclic) bond motifs is 7. The zero-order valence-corrected chi connectivity index (χ0v) is 28.0. The lowest BCUT2D eigenvalue weighted by Crippen LogP contribution is -2.54. The minimum absolute atomic E-state index is 0.232. The van der Waals surface area contributed by atoms with Crippen LogP contribution in [-0.4, -0.2) is 89.5 Å². The molecule has 3 fully saturated rings. The molecule has 1 spiro atoms. The molecule has 4 aromatic rings. The Morgan fingerprint density at radius 1 is 0.938 bits per heavy atom. The standard InChI is InChI=1S/C37H45N7O4/c1-25-18-26-19-31(39-25)29-21-38-22-33(46-2)34(29)48-17-5-3-4-12-44-32-20-27(6-7-30(32)40-36(44)41-35(26)45)42-13-8-37(9-14-42)10-15-43(16-11-37)28-23-47-24-28/h6-7,18-22,28H,3-5,8-17,23-24H2,1-2H3,(H,40,41,45). The van der Waals surface area contributed by atoms with Gasteiger partial charge in [0.25, 0.3) is 5.91 Å². The molecule has 3 aromatic heterocycles. The van der Waals surface area contributed by atoms with Gasteiger partial charge in [-0.1, -0.05) is 0 Å². The van der Waals surface area contributed by atoms with E-state index in [0.29, 0.717) is 52.3 Å². The molecule has 8 rings (SSSR count). The highest BCUT2D eigenvalue weighted by Crippen LogP contribution is 2.43. The smallest absolute Gasteiger partial charge is 0.258 e. The number of hydrogen-bond donors (Lipinski definition) is 1. The van der Waals surface area contributed by atoms with Crippen LogP contribution in [0.2, 0.25) is 0 Å². The average molecular weight is 652 g/mol. The Balaban J connectivity index is 1.05. The molecule has 0 atom stereocenters. The molecule has 0 aliphatic carbocycles. The van der Waals surface area contributed by atoms with Crippen molar-refractivity contribution in [3.05, 3.63) is 54.0 Å². The maximum absolute atomic E-state index is 13.8. The molecular weight excluding hydrogens is 606 g/mol. The van der Waals surface area contributed by atoms with E-state index < -0.39 is 0 Å². The topological polar surface area (TPSA) is 107 Å². The quantitative estimate of drug-likeness (QED) is 0.298. The molecule has 1 amide bonds. The zero-order valence-electron chi connectivity index (χ0n) is 28.0. The number of amides is 1. The van der Waals surface area contributed by atoms with Crippen LogP contribution in [0.4, 0.5) is 11.6 Å². The number of imidazole rings is 1.